The lowest BCUT2D eigenvalue weighted by atomic mass is 10.2. The van der Waals surface area contributed by atoms with Gasteiger partial charge in [0.15, 0.2) is 0 Å². The van der Waals surface area contributed by atoms with Crippen LogP contribution in [0.2, 0.25) is 0 Å². The highest BCUT2D eigenvalue weighted by Crippen LogP contribution is 2.22. The van der Waals surface area contributed by atoms with Crippen molar-refractivity contribution in [2.24, 2.45) is 5.92 Å². The van der Waals surface area contributed by atoms with Crippen molar-refractivity contribution in [3.05, 3.63) is 42.7 Å². The SMILES string of the molecule is CC(CNS(=O)(=O)c1ccc(N2CCCC2=O)cc1)Cn1cccn1. The van der Waals surface area contributed by atoms with Gasteiger partial charge in [-0.1, -0.05) is 6.92 Å². The number of aromatic nitrogens is 2. The Labute approximate surface area is 147 Å². The van der Waals surface area contributed by atoms with Crippen molar-refractivity contribution in [3.8, 4) is 0 Å². The lowest BCUT2D eigenvalue weighted by Gasteiger charge is -2.16. The predicted molar refractivity (Wildman–Crippen MR) is 94.6 cm³/mol. The van der Waals surface area contributed by atoms with Crippen molar-refractivity contribution in [1.29, 1.82) is 0 Å². The van der Waals surface area contributed by atoms with Crippen LogP contribution in [0.5, 0.6) is 0 Å². The van der Waals surface area contributed by atoms with Gasteiger partial charge in [0.1, 0.15) is 0 Å². The molecule has 3 rings (SSSR count). The lowest BCUT2D eigenvalue weighted by molar-refractivity contribution is -0.117. The van der Waals surface area contributed by atoms with Crippen molar-refractivity contribution < 1.29 is 13.2 Å². The van der Waals surface area contributed by atoms with E-state index >= 15 is 0 Å². The standard InChI is InChI=1S/C17H22N4O3S/c1-14(13-20-10-3-9-18-20)12-19-25(23,24)16-7-5-15(6-8-16)21-11-2-4-17(21)22/h3,5-10,14,19H,2,4,11-13H2,1H3. The Kier molecular flexibility index (Phi) is 5.19. The van der Waals surface area contributed by atoms with Crippen molar-refractivity contribution in [2.45, 2.75) is 31.2 Å². The van der Waals surface area contributed by atoms with E-state index in [1.807, 2.05) is 19.2 Å². The van der Waals surface area contributed by atoms with E-state index in [1.54, 1.807) is 40.0 Å². The van der Waals surface area contributed by atoms with Crippen LogP contribution in [0.4, 0.5) is 5.69 Å². The highest BCUT2D eigenvalue weighted by atomic mass is 32.2. The van der Waals surface area contributed by atoms with E-state index in [9.17, 15) is 13.2 Å². The molecule has 1 aromatic heterocycles. The van der Waals surface area contributed by atoms with E-state index in [0.29, 0.717) is 26.1 Å². The Morgan fingerprint density at radius 3 is 2.64 bits per heavy atom. The molecule has 2 heterocycles. The van der Waals surface area contributed by atoms with Gasteiger partial charge in [-0.3, -0.25) is 9.48 Å². The lowest BCUT2D eigenvalue weighted by Crippen LogP contribution is -2.30. The molecule has 1 unspecified atom stereocenters. The van der Waals surface area contributed by atoms with Gasteiger partial charge >= 0.3 is 0 Å². The molecule has 1 saturated heterocycles. The summed E-state index contributed by atoms with van der Waals surface area (Å²) in [5.74, 6) is 0.192. The molecular weight excluding hydrogens is 340 g/mol. The first kappa shape index (κ1) is 17.6. The first-order chi connectivity index (χ1) is 12.0. The van der Waals surface area contributed by atoms with Crippen LogP contribution in [-0.2, 0) is 21.4 Å². The van der Waals surface area contributed by atoms with E-state index in [1.165, 1.54) is 0 Å². The number of anilines is 1. The van der Waals surface area contributed by atoms with E-state index in [-0.39, 0.29) is 16.7 Å². The van der Waals surface area contributed by atoms with Gasteiger partial charge in [0.2, 0.25) is 15.9 Å². The van der Waals surface area contributed by atoms with E-state index in [2.05, 4.69) is 9.82 Å². The van der Waals surface area contributed by atoms with Gasteiger partial charge in [0.25, 0.3) is 0 Å². The minimum atomic E-state index is -3.57. The molecule has 1 amide bonds. The van der Waals surface area contributed by atoms with E-state index in [0.717, 1.165) is 12.1 Å². The Hall–Kier alpha value is -2.19. The number of amides is 1. The smallest absolute Gasteiger partial charge is 0.240 e. The van der Waals surface area contributed by atoms with Gasteiger partial charge in [-0.2, -0.15) is 5.10 Å². The van der Waals surface area contributed by atoms with Crippen LogP contribution in [0, 0.1) is 5.92 Å². The molecule has 0 radical (unpaired) electrons. The maximum atomic E-state index is 12.4. The first-order valence-corrected chi connectivity index (χ1v) is 9.81. The Morgan fingerprint density at radius 1 is 1.28 bits per heavy atom. The van der Waals surface area contributed by atoms with Crippen molar-refractivity contribution in [1.82, 2.24) is 14.5 Å². The number of sulfonamides is 1. The summed E-state index contributed by atoms with van der Waals surface area (Å²) in [6, 6.07) is 8.29. The topological polar surface area (TPSA) is 84.3 Å². The third-order valence-electron chi connectivity index (χ3n) is 4.21. The monoisotopic (exact) mass is 362 g/mol. The first-order valence-electron chi connectivity index (χ1n) is 8.33. The van der Waals surface area contributed by atoms with Crippen LogP contribution >= 0.6 is 0 Å². The largest absolute Gasteiger partial charge is 0.312 e. The third-order valence-corrected chi connectivity index (χ3v) is 5.65. The third kappa shape index (κ3) is 4.26. The quantitative estimate of drug-likeness (QED) is 0.811. The molecule has 1 aliphatic heterocycles. The Morgan fingerprint density at radius 2 is 2.04 bits per heavy atom. The summed E-state index contributed by atoms with van der Waals surface area (Å²) in [7, 11) is -3.57. The molecule has 1 aromatic carbocycles. The summed E-state index contributed by atoms with van der Waals surface area (Å²) in [4.78, 5) is 13.6. The van der Waals surface area contributed by atoms with Gasteiger partial charge in [-0.15, -0.1) is 0 Å². The van der Waals surface area contributed by atoms with Crippen molar-refractivity contribution in [3.63, 3.8) is 0 Å². The van der Waals surface area contributed by atoms with Gasteiger partial charge in [0, 0.05) is 44.1 Å². The maximum Gasteiger partial charge on any atom is 0.240 e. The average molecular weight is 362 g/mol. The molecule has 7 nitrogen and oxygen atoms in total. The van der Waals surface area contributed by atoms with Gasteiger partial charge < -0.3 is 4.90 Å². The fourth-order valence-electron chi connectivity index (χ4n) is 2.85. The number of hydrogen-bond donors (Lipinski definition) is 1. The number of rotatable bonds is 7. The minimum Gasteiger partial charge on any atom is -0.312 e. The van der Waals surface area contributed by atoms with Crippen LogP contribution in [0.1, 0.15) is 19.8 Å². The summed E-state index contributed by atoms with van der Waals surface area (Å²) in [6.45, 7) is 3.63. The van der Waals surface area contributed by atoms with Crippen LogP contribution in [-0.4, -0.2) is 37.2 Å². The van der Waals surface area contributed by atoms with Crippen LogP contribution in [0.15, 0.2) is 47.6 Å². The highest BCUT2D eigenvalue weighted by molar-refractivity contribution is 7.89. The molecule has 8 heteroatoms. The molecule has 2 aromatic rings. The summed E-state index contributed by atoms with van der Waals surface area (Å²) in [5, 5.41) is 4.12. The maximum absolute atomic E-state index is 12.4. The molecule has 134 valence electrons. The predicted octanol–water partition coefficient (Wildman–Crippen LogP) is 1.62. The van der Waals surface area contributed by atoms with Crippen molar-refractivity contribution in [2.75, 3.05) is 18.0 Å². The number of carbonyl (C=O) groups is 1. The molecule has 1 atom stereocenters. The molecule has 25 heavy (non-hydrogen) atoms. The Bertz CT molecular complexity index is 816. The number of nitrogens with one attached hydrogen (secondary N) is 1. The van der Waals surface area contributed by atoms with Crippen molar-refractivity contribution >= 4 is 21.6 Å². The molecule has 1 aliphatic rings. The highest BCUT2D eigenvalue weighted by Gasteiger charge is 2.22. The van der Waals surface area contributed by atoms with Crippen LogP contribution in [0.25, 0.3) is 0 Å². The molecule has 0 spiro atoms. The average Bonchev–Trinajstić information content (AvgIpc) is 3.25. The second-order valence-corrected chi connectivity index (χ2v) is 8.09. The molecule has 0 saturated carbocycles. The fourth-order valence-corrected chi connectivity index (χ4v) is 4.02. The number of nitrogens with zero attached hydrogens (tertiary/aromatic N) is 3. The normalized spacial score (nSPS) is 16.4. The number of benzene rings is 1. The summed E-state index contributed by atoms with van der Waals surface area (Å²) < 4.78 is 29.3. The summed E-state index contributed by atoms with van der Waals surface area (Å²) >= 11 is 0. The second kappa shape index (κ2) is 7.37. The van der Waals surface area contributed by atoms with Crippen LogP contribution < -0.4 is 9.62 Å². The fraction of sp³-hybridized carbons (Fsp3) is 0.412. The zero-order valence-electron chi connectivity index (χ0n) is 14.1. The second-order valence-electron chi connectivity index (χ2n) is 6.33. The van der Waals surface area contributed by atoms with Gasteiger partial charge in [-0.25, -0.2) is 13.1 Å². The van der Waals surface area contributed by atoms with E-state index < -0.39 is 10.0 Å². The molecule has 0 aliphatic carbocycles. The summed E-state index contributed by atoms with van der Waals surface area (Å²) in [6.07, 6.45) is 4.94. The zero-order chi connectivity index (χ0) is 17.9. The molecule has 0 bridgehead atoms. The molecule has 1 N–H and O–H groups in total. The minimum absolute atomic E-state index is 0.0844. The Balaban J connectivity index is 1.60. The van der Waals surface area contributed by atoms with Gasteiger partial charge in [0.05, 0.1) is 4.90 Å². The number of hydrogen-bond acceptors (Lipinski definition) is 4. The zero-order valence-corrected chi connectivity index (χ0v) is 14.9. The molecule has 1 fully saturated rings. The van der Waals surface area contributed by atoms with Gasteiger partial charge in [-0.05, 0) is 42.7 Å². The van der Waals surface area contributed by atoms with E-state index in [4.69, 9.17) is 0 Å². The summed E-state index contributed by atoms with van der Waals surface area (Å²) in [5.41, 5.74) is 0.744. The molecular formula is C17H22N4O3S. The van der Waals surface area contributed by atoms with Crippen LogP contribution in [0.3, 0.4) is 0 Å². The number of carbonyl (C=O) groups excluding carboxylic acids is 1.